The molecule has 5 nitrogen and oxygen atoms in total. The number of carbonyl (C=O) groups excluding carboxylic acids is 1. The third-order valence-corrected chi connectivity index (χ3v) is 4.78. The molecular formula is C13H23Cl2N3O2S. The Morgan fingerprint density at radius 3 is 2.76 bits per heavy atom. The summed E-state index contributed by atoms with van der Waals surface area (Å²) in [5, 5.41) is 4.16. The van der Waals surface area contributed by atoms with Crippen molar-refractivity contribution < 1.29 is 9.53 Å². The highest BCUT2D eigenvalue weighted by molar-refractivity contribution is 7.13. The molecule has 0 bridgehead atoms. The third kappa shape index (κ3) is 4.53. The first kappa shape index (κ1) is 20.6. The molecule has 0 radical (unpaired) electrons. The third-order valence-electron chi connectivity index (χ3n) is 3.47. The molecule has 0 spiro atoms. The van der Waals surface area contributed by atoms with E-state index >= 15 is 0 Å². The summed E-state index contributed by atoms with van der Waals surface area (Å²) >= 11 is 1.45. The van der Waals surface area contributed by atoms with Gasteiger partial charge in [0.05, 0.1) is 5.69 Å². The number of carbonyl (C=O) groups is 1. The van der Waals surface area contributed by atoms with Gasteiger partial charge in [-0.05, 0) is 20.8 Å². The summed E-state index contributed by atoms with van der Waals surface area (Å²) in [6.07, 6.45) is -0.0642. The van der Waals surface area contributed by atoms with E-state index in [4.69, 9.17) is 4.74 Å². The minimum atomic E-state index is -0.0642. The lowest BCUT2D eigenvalue weighted by Gasteiger charge is -2.33. The second-order valence-corrected chi connectivity index (χ2v) is 5.93. The van der Waals surface area contributed by atoms with Crippen molar-refractivity contribution in [2.24, 2.45) is 0 Å². The van der Waals surface area contributed by atoms with Gasteiger partial charge in [0.15, 0.2) is 0 Å². The molecule has 122 valence electrons. The van der Waals surface area contributed by atoms with Gasteiger partial charge >= 0.3 is 0 Å². The van der Waals surface area contributed by atoms with Crippen molar-refractivity contribution in [3.8, 4) is 0 Å². The Kier molecular flexibility index (Phi) is 8.73. The number of nitrogens with zero attached hydrogens (tertiary/aromatic N) is 2. The highest BCUT2D eigenvalue weighted by atomic mass is 35.5. The fraction of sp³-hybridized carbons (Fsp3) is 0.692. The summed E-state index contributed by atoms with van der Waals surface area (Å²) in [5.41, 5.74) is 0.805. The van der Waals surface area contributed by atoms with Crippen molar-refractivity contribution in [2.75, 3.05) is 26.7 Å². The van der Waals surface area contributed by atoms with Crippen LogP contribution in [-0.2, 0) is 4.74 Å². The Morgan fingerprint density at radius 2 is 2.19 bits per heavy atom. The van der Waals surface area contributed by atoms with Gasteiger partial charge in [-0.15, -0.1) is 36.2 Å². The first-order valence-corrected chi connectivity index (χ1v) is 7.38. The molecular weight excluding hydrogens is 333 g/mol. The van der Waals surface area contributed by atoms with Crippen LogP contribution in [0.2, 0.25) is 0 Å². The average molecular weight is 356 g/mol. The van der Waals surface area contributed by atoms with Crippen molar-refractivity contribution in [1.82, 2.24) is 15.2 Å². The Labute approximate surface area is 142 Å². The maximum atomic E-state index is 12.6. The minimum absolute atomic E-state index is 0. The Balaban J connectivity index is 0.00000200. The topological polar surface area (TPSA) is 54.5 Å². The van der Waals surface area contributed by atoms with Crippen LogP contribution in [0.5, 0.6) is 0 Å². The van der Waals surface area contributed by atoms with Crippen molar-refractivity contribution in [1.29, 1.82) is 0 Å². The van der Waals surface area contributed by atoms with Gasteiger partial charge in [0.25, 0.3) is 5.91 Å². The van der Waals surface area contributed by atoms with Gasteiger partial charge in [0, 0.05) is 32.8 Å². The average Bonchev–Trinajstić information content (AvgIpc) is 2.80. The van der Waals surface area contributed by atoms with Crippen LogP contribution in [0.4, 0.5) is 0 Å². The van der Waals surface area contributed by atoms with E-state index in [-0.39, 0.29) is 42.9 Å². The molecule has 21 heavy (non-hydrogen) atoms. The van der Waals surface area contributed by atoms with Gasteiger partial charge in [0.2, 0.25) is 0 Å². The SMILES string of the molecule is COC(C)c1nc(C)c(C(=O)N2CCNC[C@@H]2C)s1.Cl.Cl. The Morgan fingerprint density at radius 1 is 1.52 bits per heavy atom. The smallest absolute Gasteiger partial charge is 0.266 e. The van der Waals surface area contributed by atoms with E-state index in [0.29, 0.717) is 0 Å². The number of rotatable bonds is 3. The quantitative estimate of drug-likeness (QED) is 0.904. The zero-order valence-corrected chi connectivity index (χ0v) is 15.2. The zero-order valence-electron chi connectivity index (χ0n) is 12.7. The van der Waals surface area contributed by atoms with Crippen LogP contribution in [0, 0.1) is 6.92 Å². The van der Waals surface area contributed by atoms with Crippen LogP contribution in [-0.4, -0.2) is 48.6 Å². The number of thiazole rings is 1. The summed E-state index contributed by atoms with van der Waals surface area (Å²) in [6.45, 7) is 8.37. The van der Waals surface area contributed by atoms with Crippen LogP contribution in [0.3, 0.4) is 0 Å². The molecule has 2 heterocycles. The number of nitrogens with one attached hydrogen (secondary N) is 1. The number of hydrogen-bond acceptors (Lipinski definition) is 5. The van der Waals surface area contributed by atoms with Crippen molar-refractivity contribution in [3.63, 3.8) is 0 Å². The number of aryl methyl sites for hydroxylation is 1. The number of halogens is 2. The number of piperazine rings is 1. The van der Waals surface area contributed by atoms with E-state index in [1.54, 1.807) is 7.11 Å². The fourth-order valence-corrected chi connectivity index (χ4v) is 3.22. The van der Waals surface area contributed by atoms with E-state index < -0.39 is 0 Å². The molecule has 2 rings (SSSR count). The van der Waals surface area contributed by atoms with E-state index in [0.717, 1.165) is 35.2 Å². The number of hydrogen-bond donors (Lipinski definition) is 1. The molecule has 1 unspecified atom stereocenters. The molecule has 0 aromatic carbocycles. The summed E-state index contributed by atoms with van der Waals surface area (Å²) in [6, 6.07) is 0.228. The van der Waals surface area contributed by atoms with Gasteiger partial charge < -0.3 is 15.0 Å². The molecule has 1 amide bonds. The lowest BCUT2D eigenvalue weighted by atomic mass is 10.2. The molecule has 1 aliphatic rings. The van der Waals surface area contributed by atoms with Crippen LogP contribution in [0.1, 0.15) is 40.3 Å². The molecule has 1 N–H and O–H groups in total. The van der Waals surface area contributed by atoms with Crippen molar-refractivity contribution in [2.45, 2.75) is 32.9 Å². The molecule has 0 saturated carbocycles. The zero-order chi connectivity index (χ0) is 14.0. The number of ether oxygens (including phenoxy) is 1. The molecule has 1 aromatic heterocycles. The number of methoxy groups -OCH3 is 1. The first-order chi connectivity index (χ1) is 9.04. The van der Waals surface area contributed by atoms with E-state index in [9.17, 15) is 4.79 Å². The van der Waals surface area contributed by atoms with Crippen LogP contribution in [0.25, 0.3) is 0 Å². The van der Waals surface area contributed by atoms with Crippen LogP contribution >= 0.6 is 36.2 Å². The Bertz CT molecular complexity index is 470. The van der Waals surface area contributed by atoms with Gasteiger partial charge in [-0.1, -0.05) is 0 Å². The molecule has 0 aliphatic carbocycles. The molecule has 1 saturated heterocycles. The highest BCUT2D eigenvalue weighted by Gasteiger charge is 2.27. The van der Waals surface area contributed by atoms with Gasteiger partial charge in [-0.2, -0.15) is 0 Å². The highest BCUT2D eigenvalue weighted by Crippen LogP contribution is 2.27. The standard InChI is InChI=1S/C13H21N3O2S.2ClH/c1-8-7-14-5-6-16(8)13(17)11-9(2)15-12(19-11)10(3)18-4;;/h8,10,14H,5-7H2,1-4H3;2*1H/t8-,10?;;/m0../s1. The lowest BCUT2D eigenvalue weighted by molar-refractivity contribution is 0.0660. The normalized spacial score (nSPS) is 19.4. The fourth-order valence-electron chi connectivity index (χ4n) is 2.16. The number of amides is 1. The second kappa shape index (κ2) is 8.90. The summed E-state index contributed by atoms with van der Waals surface area (Å²) in [5.74, 6) is 0.0959. The van der Waals surface area contributed by atoms with Crippen LogP contribution < -0.4 is 5.32 Å². The molecule has 8 heteroatoms. The van der Waals surface area contributed by atoms with E-state index in [1.807, 2.05) is 18.7 Å². The largest absolute Gasteiger partial charge is 0.375 e. The first-order valence-electron chi connectivity index (χ1n) is 6.56. The molecule has 2 atom stereocenters. The second-order valence-electron chi connectivity index (χ2n) is 4.90. The predicted molar refractivity (Wildman–Crippen MR) is 90.1 cm³/mol. The van der Waals surface area contributed by atoms with E-state index in [1.165, 1.54) is 11.3 Å². The van der Waals surface area contributed by atoms with Crippen molar-refractivity contribution in [3.05, 3.63) is 15.6 Å². The maximum absolute atomic E-state index is 12.6. The lowest BCUT2D eigenvalue weighted by Crippen LogP contribution is -2.52. The molecule has 1 aliphatic heterocycles. The van der Waals surface area contributed by atoms with Gasteiger partial charge in [0.1, 0.15) is 16.0 Å². The maximum Gasteiger partial charge on any atom is 0.266 e. The summed E-state index contributed by atoms with van der Waals surface area (Å²) in [7, 11) is 1.65. The number of aromatic nitrogens is 1. The van der Waals surface area contributed by atoms with Crippen LogP contribution in [0.15, 0.2) is 0 Å². The van der Waals surface area contributed by atoms with E-state index in [2.05, 4.69) is 17.2 Å². The molecule has 1 fully saturated rings. The summed E-state index contributed by atoms with van der Waals surface area (Å²) < 4.78 is 5.26. The Hall–Kier alpha value is -0.400. The van der Waals surface area contributed by atoms with Crippen molar-refractivity contribution >= 4 is 42.1 Å². The van der Waals surface area contributed by atoms with Gasteiger partial charge in [-0.25, -0.2) is 4.98 Å². The predicted octanol–water partition coefficient (Wildman–Crippen LogP) is 2.44. The van der Waals surface area contributed by atoms with Gasteiger partial charge in [-0.3, -0.25) is 4.79 Å². The minimum Gasteiger partial charge on any atom is -0.375 e. The summed E-state index contributed by atoms with van der Waals surface area (Å²) in [4.78, 5) is 19.7. The molecule has 1 aromatic rings. The monoisotopic (exact) mass is 355 g/mol.